The van der Waals surface area contributed by atoms with Crippen molar-refractivity contribution in [2.24, 2.45) is 0 Å². The largest absolute Gasteiger partial charge is 0.310 e. The molecule has 49 heavy (non-hydrogen) atoms. The van der Waals surface area contributed by atoms with Gasteiger partial charge in [-0.1, -0.05) is 135 Å². The summed E-state index contributed by atoms with van der Waals surface area (Å²) < 4.78 is 2.66. The first-order valence-electron chi connectivity index (χ1n) is 17.0. The lowest BCUT2D eigenvalue weighted by molar-refractivity contribution is 0.660. The Morgan fingerprint density at radius 1 is 0.449 bits per heavy atom. The van der Waals surface area contributed by atoms with E-state index in [1.807, 2.05) is 11.3 Å². The van der Waals surface area contributed by atoms with Crippen molar-refractivity contribution in [2.75, 3.05) is 4.90 Å². The molecule has 232 valence electrons. The Morgan fingerprint density at radius 3 is 2.06 bits per heavy atom. The zero-order valence-electron chi connectivity index (χ0n) is 27.4. The predicted octanol–water partition coefficient (Wildman–Crippen LogP) is 13.8. The number of hydrogen-bond donors (Lipinski definition) is 0. The highest BCUT2D eigenvalue weighted by atomic mass is 32.1. The first-order chi connectivity index (χ1) is 24.0. The monoisotopic (exact) mass is 643 g/mol. The minimum Gasteiger partial charge on any atom is -0.310 e. The van der Waals surface area contributed by atoms with Gasteiger partial charge in [0.25, 0.3) is 0 Å². The summed E-state index contributed by atoms with van der Waals surface area (Å²) in [5.41, 5.74) is 11.3. The number of nitrogens with zero attached hydrogens (tertiary/aromatic N) is 1. The summed E-state index contributed by atoms with van der Waals surface area (Å²) in [4.78, 5) is 2.44. The maximum absolute atomic E-state index is 2.44. The van der Waals surface area contributed by atoms with Crippen molar-refractivity contribution in [3.63, 3.8) is 0 Å². The van der Waals surface area contributed by atoms with Crippen LogP contribution in [0.15, 0.2) is 164 Å². The summed E-state index contributed by atoms with van der Waals surface area (Å²) >= 11 is 1.91. The molecule has 0 atom stereocenters. The highest BCUT2D eigenvalue weighted by molar-refractivity contribution is 7.26. The lowest BCUT2D eigenvalue weighted by atomic mass is 9.82. The smallest absolute Gasteiger partial charge is 0.0468 e. The van der Waals surface area contributed by atoms with Crippen LogP contribution >= 0.6 is 11.3 Å². The fraction of sp³-hybridized carbons (Fsp3) is 0.0638. The standard InChI is InChI=1S/C47H33NS/c1-47(2)42-18-9-8-17-38(42)40-28-35(22-25-43(40)47)48(34-15-10-14-33(27-34)30-11-4-3-5-12-30)36-23-26-44-41(29-36)39-24-21-32-20-19-31-13-6-7-16-37(31)45(32)46(39)49-44/h3-29H,1-2H3. The number of fused-ring (bicyclic) bond motifs is 10. The molecule has 0 amide bonds. The second-order valence-corrected chi connectivity index (χ2v) is 14.8. The van der Waals surface area contributed by atoms with Gasteiger partial charge in [0.1, 0.15) is 0 Å². The lowest BCUT2D eigenvalue weighted by Gasteiger charge is -2.27. The minimum atomic E-state index is -0.0377. The Morgan fingerprint density at radius 2 is 1.14 bits per heavy atom. The van der Waals surface area contributed by atoms with Crippen LogP contribution in [-0.2, 0) is 5.41 Å². The second kappa shape index (κ2) is 10.7. The maximum atomic E-state index is 2.44. The van der Waals surface area contributed by atoms with Crippen molar-refractivity contribution in [2.45, 2.75) is 19.3 Å². The van der Waals surface area contributed by atoms with E-state index < -0.39 is 0 Å². The molecule has 0 unspecified atom stereocenters. The van der Waals surface area contributed by atoms with Crippen LogP contribution in [0.25, 0.3) is 64.0 Å². The number of benzene rings is 8. The molecule has 0 spiro atoms. The molecule has 9 aromatic rings. The van der Waals surface area contributed by atoms with E-state index >= 15 is 0 Å². The minimum absolute atomic E-state index is 0.0377. The average molecular weight is 644 g/mol. The van der Waals surface area contributed by atoms with Crippen molar-refractivity contribution in [3.8, 4) is 22.3 Å². The molecule has 1 aromatic heterocycles. The first-order valence-corrected chi connectivity index (χ1v) is 17.8. The molecule has 0 bridgehead atoms. The van der Waals surface area contributed by atoms with Gasteiger partial charge in [-0.2, -0.15) is 0 Å². The summed E-state index contributed by atoms with van der Waals surface area (Å²) in [5.74, 6) is 0. The SMILES string of the molecule is CC1(C)c2ccccc2-c2cc(N(c3cccc(-c4ccccc4)c3)c3ccc4sc5c(ccc6ccc7ccccc7c65)c4c3)ccc21. The Balaban J connectivity index is 1.21. The van der Waals surface area contributed by atoms with Crippen LogP contribution in [-0.4, -0.2) is 0 Å². The summed E-state index contributed by atoms with van der Waals surface area (Å²) in [6.45, 7) is 4.70. The Kier molecular flexibility index (Phi) is 6.16. The molecule has 0 saturated heterocycles. The van der Waals surface area contributed by atoms with Crippen molar-refractivity contribution >= 4 is 70.1 Å². The lowest BCUT2D eigenvalue weighted by Crippen LogP contribution is -2.15. The third-order valence-corrected chi connectivity index (χ3v) is 11.8. The van der Waals surface area contributed by atoms with Gasteiger partial charge in [0.15, 0.2) is 0 Å². The Labute approximate surface area is 290 Å². The van der Waals surface area contributed by atoms with Gasteiger partial charge >= 0.3 is 0 Å². The summed E-state index contributed by atoms with van der Waals surface area (Å²) in [6, 6.07) is 60.6. The van der Waals surface area contributed by atoms with Gasteiger partial charge in [0, 0.05) is 48.0 Å². The third kappa shape index (κ3) is 4.31. The quantitative estimate of drug-likeness (QED) is 0.173. The van der Waals surface area contributed by atoms with Gasteiger partial charge in [0.05, 0.1) is 0 Å². The van der Waals surface area contributed by atoms with E-state index in [0.29, 0.717) is 0 Å². The predicted molar refractivity (Wildman–Crippen MR) is 212 cm³/mol. The molecule has 8 aromatic carbocycles. The highest BCUT2D eigenvalue weighted by Gasteiger charge is 2.35. The van der Waals surface area contributed by atoms with Gasteiger partial charge in [-0.25, -0.2) is 0 Å². The van der Waals surface area contributed by atoms with Crippen LogP contribution in [0, 0.1) is 0 Å². The van der Waals surface area contributed by atoms with E-state index in [1.54, 1.807) is 0 Å². The molecule has 1 heterocycles. The van der Waals surface area contributed by atoms with E-state index in [1.165, 1.54) is 75.1 Å². The maximum Gasteiger partial charge on any atom is 0.0468 e. The van der Waals surface area contributed by atoms with Crippen molar-refractivity contribution < 1.29 is 0 Å². The molecule has 2 heteroatoms. The second-order valence-electron chi connectivity index (χ2n) is 13.8. The van der Waals surface area contributed by atoms with Crippen LogP contribution in [0.1, 0.15) is 25.0 Å². The first kappa shape index (κ1) is 28.3. The fourth-order valence-electron chi connectivity index (χ4n) is 8.20. The average Bonchev–Trinajstić information content (AvgIpc) is 3.63. The molecular weight excluding hydrogens is 611 g/mol. The fourth-order valence-corrected chi connectivity index (χ4v) is 9.45. The van der Waals surface area contributed by atoms with Gasteiger partial charge in [-0.3, -0.25) is 0 Å². The summed E-state index contributed by atoms with van der Waals surface area (Å²) in [5, 5.41) is 7.85. The summed E-state index contributed by atoms with van der Waals surface area (Å²) in [7, 11) is 0. The van der Waals surface area contributed by atoms with Crippen LogP contribution < -0.4 is 4.90 Å². The van der Waals surface area contributed by atoms with Crippen LogP contribution in [0.2, 0.25) is 0 Å². The van der Waals surface area contributed by atoms with E-state index in [4.69, 9.17) is 0 Å². The number of rotatable bonds is 4. The van der Waals surface area contributed by atoms with E-state index in [0.717, 1.165) is 17.1 Å². The van der Waals surface area contributed by atoms with Crippen LogP contribution in [0.3, 0.4) is 0 Å². The van der Waals surface area contributed by atoms with Crippen LogP contribution in [0.5, 0.6) is 0 Å². The Hall–Kier alpha value is -5.70. The van der Waals surface area contributed by atoms with Gasteiger partial charge < -0.3 is 4.90 Å². The van der Waals surface area contributed by atoms with Gasteiger partial charge in [0.2, 0.25) is 0 Å². The summed E-state index contributed by atoms with van der Waals surface area (Å²) in [6.07, 6.45) is 0. The van der Waals surface area contributed by atoms with Crippen molar-refractivity contribution in [3.05, 3.63) is 175 Å². The molecular formula is C47H33NS. The number of hydrogen-bond acceptors (Lipinski definition) is 2. The normalized spacial score (nSPS) is 13.3. The number of thiophene rings is 1. The molecule has 0 radical (unpaired) electrons. The topological polar surface area (TPSA) is 3.24 Å². The molecule has 1 aliphatic rings. The van der Waals surface area contributed by atoms with E-state index in [9.17, 15) is 0 Å². The molecule has 0 aliphatic heterocycles. The van der Waals surface area contributed by atoms with Gasteiger partial charge in [-0.05, 0) is 92.0 Å². The molecule has 0 saturated carbocycles. The van der Waals surface area contributed by atoms with E-state index in [2.05, 4.69) is 183 Å². The third-order valence-electron chi connectivity index (χ3n) is 10.6. The highest BCUT2D eigenvalue weighted by Crippen LogP contribution is 2.51. The van der Waals surface area contributed by atoms with E-state index in [-0.39, 0.29) is 5.41 Å². The molecule has 1 nitrogen and oxygen atoms in total. The van der Waals surface area contributed by atoms with Crippen molar-refractivity contribution in [1.82, 2.24) is 0 Å². The molecule has 0 fully saturated rings. The van der Waals surface area contributed by atoms with Crippen molar-refractivity contribution in [1.29, 1.82) is 0 Å². The zero-order valence-corrected chi connectivity index (χ0v) is 28.3. The van der Waals surface area contributed by atoms with Gasteiger partial charge in [-0.15, -0.1) is 11.3 Å². The number of anilines is 3. The molecule has 10 rings (SSSR count). The molecule has 0 N–H and O–H groups in total. The Bertz CT molecular complexity index is 2750. The molecule has 1 aliphatic carbocycles. The zero-order chi connectivity index (χ0) is 32.7. The van der Waals surface area contributed by atoms with Crippen LogP contribution in [0.4, 0.5) is 17.1 Å².